The van der Waals surface area contributed by atoms with Crippen molar-refractivity contribution in [1.29, 1.82) is 0 Å². The second-order valence-electron chi connectivity index (χ2n) is 4.04. The number of nitrogens with two attached hydrogens (primary N) is 1. The molecule has 0 aliphatic heterocycles. The molecule has 3 N–H and O–H groups in total. The summed E-state index contributed by atoms with van der Waals surface area (Å²) in [7, 11) is 1.70. The Balaban J connectivity index is 2.21. The molecule has 104 valence electrons. The zero-order valence-electron chi connectivity index (χ0n) is 10.6. The topological polar surface area (TPSA) is 78.9 Å². The number of hydrogen-bond donors (Lipinski definition) is 2. The van der Waals surface area contributed by atoms with Crippen LogP contribution >= 0.6 is 27.3 Å². The van der Waals surface area contributed by atoms with Gasteiger partial charge in [0, 0.05) is 23.7 Å². The first-order valence-corrected chi connectivity index (χ1v) is 7.30. The van der Waals surface area contributed by atoms with Crippen molar-refractivity contribution in [2.75, 3.05) is 11.9 Å². The fourth-order valence-corrected chi connectivity index (χ4v) is 2.78. The highest BCUT2D eigenvalue weighted by Gasteiger charge is 2.15. The third-order valence-corrected chi connectivity index (χ3v) is 4.28. The molecule has 1 amide bonds. The van der Waals surface area contributed by atoms with Crippen molar-refractivity contribution in [1.82, 2.24) is 0 Å². The first kappa shape index (κ1) is 14.5. The number of hydrogen-bond acceptors (Lipinski definition) is 4. The van der Waals surface area contributed by atoms with E-state index in [9.17, 15) is 4.79 Å². The Morgan fingerprint density at radius 2 is 2.00 bits per heavy atom. The van der Waals surface area contributed by atoms with Gasteiger partial charge in [0.1, 0.15) is 0 Å². The molecule has 0 saturated carbocycles. The molecule has 1 heterocycles. The van der Waals surface area contributed by atoms with Gasteiger partial charge in [0.2, 0.25) is 0 Å². The molecule has 7 heteroatoms. The zero-order valence-corrected chi connectivity index (χ0v) is 13.0. The van der Waals surface area contributed by atoms with E-state index in [0.717, 1.165) is 9.47 Å². The van der Waals surface area contributed by atoms with Crippen LogP contribution in [0.1, 0.15) is 15.9 Å². The van der Waals surface area contributed by atoms with E-state index < -0.39 is 0 Å². The van der Waals surface area contributed by atoms with Crippen molar-refractivity contribution in [3.05, 3.63) is 50.6 Å². The minimum atomic E-state index is -0.0940. The molecule has 1 aromatic carbocycles. The van der Waals surface area contributed by atoms with E-state index in [1.807, 2.05) is 0 Å². The predicted octanol–water partition coefficient (Wildman–Crippen LogP) is 2.88. The number of carbonyl (C=O) groups is 1. The standard InChI is InChI=1S/C13H12BrN3O2S/c1-17(13(18)9-6-11(14)20-7-9)10-4-2-8(3-5-10)12(15)16-19/h2-7,19H,1H3,(H2,15,16). The van der Waals surface area contributed by atoms with Crippen molar-refractivity contribution in [3.63, 3.8) is 0 Å². The van der Waals surface area contributed by atoms with E-state index in [0.29, 0.717) is 11.1 Å². The average molecular weight is 354 g/mol. The molecule has 2 rings (SSSR count). The summed E-state index contributed by atoms with van der Waals surface area (Å²) < 4.78 is 0.913. The first-order valence-electron chi connectivity index (χ1n) is 5.63. The van der Waals surface area contributed by atoms with E-state index in [2.05, 4.69) is 21.1 Å². The predicted molar refractivity (Wildman–Crippen MR) is 83.7 cm³/mol. The van der Waals surface area contributed by atoms with Gasteiger partial charge in [-0.25, -0.2) is 0 Å². The summed E-state index contributed by atoms with van der Waals surface area (Å²) in [5.74, 6) is -0.0595. The number of oxime groups is 1. The third-order valence-electron chi connectivity index (χ3n) is 2.78. The highest BCUT2D eigenvalue weighted by molar-refractivity contribution is 9.11. The summed E-state index contributed by atoms with van der Waals surface area (Å²) in [6, 6.07) is 8.66. The lowest BCUT2D eigenvalue weighted by atomic mass is 10.1. The third kappa shape index (κ3) is 3.00. The molecule has 20 heavy (non-hydrogen) atoms. The number of thiophene rings is 1. The molecule has 0 aliphatic carbocycles. The summed E-state index contributed by atoms with van der Waals surface area (Å²) in [5.41, 5.74) is 7.44. The Kier molecular flexibility index (Phi) is 4.41. The van der Waals surface area contributed by atoms with Crippen LogP contribution in [0.5, 0.6) is 0 Å². The largest absolute Gasteiger partial charge is 0.409 e. The Labute approximate surface area is 128 Å². The maximum absolute atomic E-state index is 12.3. The van der Waals surface area contributed by atoms with Crippen molar-refractivity contribution in [2.24, 2.45) is 10.9 Å². The molecular formula is C13H12BrN3O2S. The average Bonchev–Trinajstić information content (AvgIpc) is 2.91. The summed E-state index contributed by atoms with van der Waals surface area (Å²) in [6.45, 7) is 0. The second-order valence-corrected chi connectivity index (χ2v) is 6.33. The zero-order chi connectivity index (χ0) is 14.7. The van der Waals surface area contributed by atoms with Crippen LogP contribution in [0, 0.1) is 0 Å². The fourth-order valence-electron chi connectivity index (χ4n) is 1.65. The molecule has 5 nitrogen and oxygen atoms in total. The molecule has 0 unspecified atom stereocenters. The monoisotopic (exact) mass is 353 g/mol. The molecule has 2 aromatic rings. The summed E-state index contributed by atoms with van der Waals surface area (Å²) in [6.07, 6.45) is 0. The van der Waals surface area contributed by atoms with Gasteiger partial charge in [0.05, 0.1) is 9.35 Å². The highest BCUT2D eigenvalue weighted by atomic mass is 79.9. The van der Waals surface area contributed by atoms with Crippen LogP contribution in [0.3, 0.4) is 0 Å². The smallest absolute Gasteiger partial charge is 0.258 e. The molecule has 0 radical (unpaired) electrons. The van der Waals surface area contributed by atoms with Gasteiger partial charge in [0.25, 0.3) is 5.91 Å². The van der Waals surface area contributed by atoms with Gasteiger partial charge < -0.3 is 15.8 Å². The van der Waals surface area contributed by atoms with Gasteiger partial charge in [0.15, 0.2) is 5.84 Å². The number of carbonyl (C=O) groups excluding carboxylic acids is 1. The maximum Gasteiger partial charge on any atom is 0.258 e. The number of halogens is 1. The van der Waals surface area contributed by atoms with Gasteiger partial charge in [-0.15, -0.1) is 11.3 Å². The Morgan fingerprint density at radius 3 is 2.50 bits per heavy atom. The lowest BCUT2D eigenvalue weighted by Gasteiger charge is -2.16. The van der Waals surface area contributed by atoms with Crippen LogP contribution in [0.2, 0.25) is 0 Å². The molecule has 0 saturated heterocycles. The summed E-state index contributed by atoms with van der Waals surface area (Å²) >= 11 is 4.80. The fraction of sp³-hybridized carbons (Fsp3) is 0.0769. The number of nitrogens with zero attached hydrogens (tertiary/aromatic N) is 2. The van der Waals surface area contributed by atoms with Crippen molar-refractivity contribution in [2.45, 2.75) is 0 Å². The number of amides is 1. The van der Waals surface area contributed by atoms with Gasteiger partial charge in [-0.1, -0.05) is 5.16 Å². The van der Waals surface area contributed by atoms with Crippen LogP contribution in [0.4, 0.5) is 5.69 Å². The molecule has 0 bridgehead atoms. The minimum absolute atomic E-state index is 0.0345. The lowest BCUT2D eigenvalue weighted by molar-refractivity contribution is 0.0993. The highest BCUT2D eigenvalue weighted by Crippen LogP contribution is 2.23. The van der Waals surface area contributed by atoms with Crippen molar-refractivity contribution in [3.8, 4) is 0 Å². The number of amidine groups is 1. The lowest BCUT2D eigenvalue weighted by Crippen LogP contribution is -2.25. The van der Waals surface area contributed by atoms with Crippen LogP contribution in [0.15, 0.2) is 44.7 Å². The van der Waals surface area contributed by atoms with Crippen molar-refractivity contribution < 1.29 is 10.0 Å². The quantitative estimate of drug-likeness (QED) is 0.385. The molecular weight excluding hydrogens is 342 g/mol. The van der Waals surface area contributed by atoms with E-state index in [1.54, 1.807) is 47.7 Å². The summed E-state index contributed by atoms with van der Waals surface area (Å²) in [5, 5.41) is 13.3. The number of benzene rings is 1. The molecule has 0 aliphatic rings. The van der Waals surface area contributed by atoms with Crippen LogP contribution in [-0.2, 0) is 0 Å². The van der Waals surface area contributed by atoms with E-state index in [-0.39, 0.29) is 11.7 Å². The number of anilines is 1. The molecule has 0 spiro atoms. The molecule has 0 atom stereocenters. The van der Waals surface area contributed by atoms with E-state index in [4.69, 9.17) is 10.9 Å². The van der Waals surface area contributed by atoms with Gasteiger partial charge in [-0.3, -0.25) is 4.79 Å². The van der Waals surface area contributed by atoms with Crippen LogP contribution < -0.4 is 10.6 Å². The van der Waals surface area contributed by atoms with Crippen LogP contribution in [-0.4, -0.2) is 24.0 Å². The van der Waals surface area contributed by atoms with Gasteiger partial charge >= 0.3 is 0 Å². The summed E-state index contributed by atoms with van der Waals surface area (Å²) in [4.78, 5) is 13.8. The Hall–Kier alpha value is -1.86. The SMILES string of the molecule is CN(C(=O)c1csc(Br)c1)c1ccc(/C(N)=N/O)cc1. The maximum atomic E-state index is 12.3. The Morgan fingerprint density at radius 1 is 1.35 bits per heavy atom. The Bertz CT molecular complexity index is 652. The van der Waals surface area contributed by atoms with Gasteiger partial charge in [-0.2, -0.15) is 0 Å². The van der Waals surface area contributed by atoms with Gasteiger partial charge in [-0.05, 0) is 46.3 Å². The van der Waals surface area contributed by atoms with Crippen LogP contribution in [0.25, 0.3) is 0 Å². The second kappa shape index (κ2) is 6.06. The first-order chi connectivity index (χ1) is 9.52. The normalized spacial score (nSPS) is 11.4. The van der Waals surface area contributed by atoms with E-state index in [1.165, 1.54) is 11.3 Å². The molecule has 0 fully saturated rings. The molecule has 1 aromatic heterocycles. The number of rotatable bonds is 3. The van der Waals surface area contributed by atoms with E-state index >= 15 is 0 Å². The van der Waals surface area contributed by atoms with Crippen molar-refractivity contribution >= 4 is 44.7 Å². The minimum Gasteiger partial charge on any atom is -0.409 e.